The number of sulfone groups is 1. The van der Waals surface area contributed by atoms with Crippen LogP contribution in [0.4, 0.5) is 0 Å². The Kier molecular flexibility index (Phi) is 10.5. The summed E-state index contributed by atoms with van der Waals surface area (Å²) in [5.41, 5.74) is 0.199. The molecule has 0 aromatic rings. The molecule has 2 N–H and O–H groups in total. The molecule has 0 heterocycles. The molecule has 0 rings (SSSR count). The van der Waals surface area contributed by atoms with Gasteiger partial charge in [-0.25, -0.2) is 8.42 Å². The van der Waals surface area contributed by atoms with Crippen molar-refractivity contribution >= 4 is 15.8 Å². The van der Waals surface area contributed by atoms with E-state index in [9.17, 15) is 8.42 Å². The number of rotatable bonds is 11. The summed E-state index contributed by atoms with van der Waals surface area (Å²) in [6, 6.07) is 0. The van der Waals surface area contributed by atoms with E-state index in [4.69, 9.17) is 0 Å². The predicted octanol–water partition coefficient (Wildman–Crippen LogP) is 2.58. The van der Waals surface area contributed by atoms with Crippen molar-refractivity contribution in [2.75, 3.05) is 31.6 Å². The molecule has 6 heteroatoms. The van der Waals surface area contributed by atoms with Gasteiger partial charge >= 0.3 is 0 Å². The first-order valence-electron chi connectivity index (χ1n) is 8.40. The van der Waals surface area contributed by atoms with Crippen molar-refractivity contribution in [2.45, 2.75) is 59.8 Å². The summed E-state index contributed by atoms with van der Waals surface area (Å²) >= 11 is 0. The monoisotopic (exact) mass is 333 g/mol. The van der Waals surface area contributed by atoms with Crippen LogP contribution in [-0.4, -0.2) is 46.0 Å². The largest absolute Gasteiger partial charge is 0.357 e. The quantitative estimate of drug-likeness (QED) is 0.346. The SMILES string of the molecule is CCCCCC(C)(C)CN=C(NCC)NCCCS(C)(=O)=O. The van der Waals surface area contributed by atoms with Crippen LogP contribution < -0.4 is 10.6 Å². The van der Waals surface area contributed by atoms with E-state index < -0.39 is 9.84 Å². The molecular weight excluding hydrogens is 298 g/mol. The zero-order chi connectivity index (χ0) is 17.1. The van der Waals surface area contributed by atoms with Crippen LogP contribution in [-0.2, 0) is 9.84 Å². The van der Waals surface area contributed by atoms with Crippen LogP contribution in [0, 0.1) is 5.41 Å². The van der Waals surface area contributed by atoms with Crippen LogP contribution in [0.2, 0.25) is 0 Å². The van der Waals surface area contributed by atoms with E-state index in [1.165, 1.54) is 31.9 Å². The highest BCUT2D eigenvalue weighted by atomic mass is 32.2. The standard InChI is InChI=1S/C16H35N3O2S/c1-6-8-9-11-16(3,4)14-19-15(17-7-2)18-12-10-13-22(5,20)21/h6-14H2,1-5H3,(H2,17,18,19). The third-order valence-electron chi connectivity index (χ3n) is 3.45. The van der Waals surface area contributed by atoms with Crippen LogP contribution in [0.5, 0.6) is 0 Å². The van der Waals surface area contributed by atoms with Crippen LogP contribution in [0.15, 0.2) is 4.99 Å². The first-order valence-corrected chi connectivity index (χ1v) is 10.5. The number of hydrogen-bond donors (Lipinski definition) is 2. The van der Waals surface area contributed by atoms with Gasteiger partial charge in [-0.1, -0.05) is 40.0 Å². The molecule has 0 atom stereocenters. The van der Waals surface area contributed by atoms with E-state index in [0.717, 1.165) is 19.0 Å². The third-order valence-corrected chi connectivity index (χ3v) is 4.48. The van der Waals surface area contributed by atoms with Crippen molar-refractivity contribution in [1.82, 2.24) is 10.6 Å². The molecule has 0 spiro atoms. The molecule has 0 aromatic heterocycles. The molecule has 0 saturated carbocycles. The normalized spacial score (nSPS) is 13.2. The van der Waals surface area contributed by atoms with Crippen LogP contribution in [0.25, 0.3) is 0 Å². The third kappa shape index (κ3) is 12.9. The van der Waals surface area contributed by atoms with Gasteiger partial charge in [-0.15, -0.1) is 0 Å². The average molecular weight is 334 g/mol. The molecular formula is C16H35N3O2S. The fourth-order valence-electron chi connectivity index (χ4n) is 2.11. The maximum absolute atomic E-state index is 11.1. The molecule has 132 valence electrons. The van der Waals surface area contributed by atoms with E-state index in [1.54, 1.807) is 0 Å². The molecule has 0 bridgehead atoms. The van der Waals surface area contributed by atoms with Crippen LogP contribution >= 0.6 is 0 Å². The molecule has 0 saturated heterocycles. The molecule has 0 aliphatic rings. The van der Waals surface area contributed by atoms with Gasteiger partial charge in [0.1, 0.15) is 9.84 Å². The molecule has 0 radical (unpaired) electrons. The van der Waals surface area contributed by atoms with Gasteiger partial charge in [0.15, 0.2) is 5.96 Å². The first-order chi connectivity index (χ1) is 10.2. The molecule has 0 unspecified atom stereocenters. The lowest BCUT2D eigenvalue weighted by molar-refractivity contribution is 0.332. The lowest BCUT2D eigenvalue weighted by atomic mass is 9.87. The van der Waals surface area contributed by atoms with E-state index >= 15 is 0 Å². The van der Waals surface area contributed by atoms with E-state index in [2.05, 4.69) is 36.4 Å². The smallest absolute Gasteiger partial charge is 0.191 e. The van der Waals surface area contributed by atoms with Gasteiger partial charge in [0, 0.05) is 25.9 Å². The topological polar surface area (TPSA) is 70.6 Å². The molecule has 5 nitrogen and oxygen atoms in total. The Balaban J connectivity index is 4.29. The molecule has 0 aliphatic heterocycles. The first kappa shape index (κ1) is 21.2. The van der Waals surface area contributed by atoms with E-state index in [-0.39, 0.29) is 11.2 Å². The van der Waals surface area contributed by atoms with Gasteiger partial charge in [-0.3, -0.25) is 4.99 Å². The summed E-state index contributed by atoms with van der Waals surface area (Å²) in [6.45, 7) is 10.9. The summed E-state index contributed by atoms with van der Waals surface area (Å²) in [7, 11) is -2.88. The molecule has 0 amide bonds. The van der Waals surface area contributed by atoms with Crippen molar-refractivity contribution in [3.05, 3.63) is 0 Å². The average Bonchev–Trinajstić information content (AvgIpc) is 2.40. The summed E-state index contributed by atoms with van der Waals surface area (Å²) in [5, 5.41) is 6.42. The lowest BCUT2D eigenvalue weighted by Gasteiger charge is -2.23. The van der Waals surface area contributed by atoms with Gasteiger partial charge < -0.3 is 10.6 Å². The molecule has 22 heavy (non-hydrogen) atoms. The summed E-state index contributed by atoms with van der Waals surface area (Å²) in [4.78, 5) is 4.64. The highest BCUT2D eigenvalue weighted by molar-refractivity contribution is 7.90. The molecule has 0 aromatic carbocycles. The van der Waals surface area contributed by atoms with Crippen molar-refractivity contribution in [2.24, 2.45) is 10.4 Å². The minimum atomic E-state index is -2.88. The predicted molar refractivity (Wildman–Crippen MR) is 96.2 cm³/mol. The summed E-state index contributed by atoms with van der Waals surface area (Å²) < 4.78 is 22.2. The summed E-state index contributed by atoms with van der Waals surface area (Å²) in [6.07, 6.45) is 6.81. The Morgan fingerprint density at radius 1 is 1.09 bits per heavy atom. The van der Waals surface area contributed by atoms with E-state index in [1.807, 2.05) is 6.92 Å². The zero-order valence-electron chi connectivity index (χ0n) is 15.0. The lowest BCUT2D eigenvalue weighted by Crippen LogP contribution is -2.39. The van der Waals surface area contributed by atoms with Crippen molar-refractivity contribution in [3.63, 3.8) is 0 Å². The minimum absolute atomic E-state index is 0.199. The van der Waals surface area contributed by atoms with Gasteiger partial charge in [0.05, 0.1) is 5.75 Å². The van der Waals surface area contributed by atoms with Crippen molar-refractivity contribution in [3.8, 4) is 0 Å². The van der Waals surface area contributed by atoms with Crippen LogP contribution in [0.1, 0.15) is 59.8 Å². The minimum Gasteiger partial charge on any atom is -0.357 e. The van der Waals surface area contributed by atoms with Gasteiger partial charge in [0.25, 0.3) is 0 Å². The van der Waals surface area contributed by atoms with Gasteiger partial charge in [-0.05, 0) is 25.2 Å². The highest BCUT2D eigenvalue weighted by Gasteiger charge is 2.17. The molecule has 0 fully saturated rings. The summed E-state index contributed by atoms with van der Waals surface area (Å²) in [5.74, 6) is 0.988. The number of nitrogens with one attached hydrogen (secondary N) is 2. The van der Waals surface area contributed by atoms with Crippen molar-refractivity contribution < 1.29 is 8.42 Å². The zero-order valence-corrected chi connectivity index (χ0v) is 15.9. The maximum Gasteiger partial charge on any atom is 0.191 e. The number of hydrogen-bond acceptors (Lipinski definition) is 3. The second-order valence-corrected chi connectivity index (χ2v) is 8.99. The fraction of sp³-hybridized carbons (Fsp3) is 0.938. The molecule has 0 aliphatic carbocycles. The number of unbranched alkanes of at least 4 members (excludes halogenated alkanes) is 2. The number of nitrogens with zero attached hydrogens (tertiary/aromatic N) is 1. The number of aliphatic imine (C=N–C) groups is 1. The second kappa shape index (κ2) is 10.9. The maximum atomic E-state index is 11.1. The Labute approximate surface area is 137 Å². The fourth-order valence-corrected chi connectivity index (χ4v) is 2.78. The highest BCUT2D eigenvalue weighted by Crippen LogP contribution is 2.23. The van der Waals surface area contributed by atoms with Gasteiger partial charge in [-0.2, -0.15) is 0 Å². The van der Waals surface area contributed by atoms with Crippen LogP contribution in [0.3, 0.4) is 0 Å². The Bertz CT molecular complexity index is 417. The number of guanidine groups is 1. The van der Waals surface area contributed by atoms with Crippen molar-refractivity contribution in [1.29, 1.82) is 0 Å². The Morgan fingerprint density at radius 3 is 2.32 bits per heavy atom. The second-order valence-electron chi connectivity index (χ2n) is 6.73. The Morgan fingerprint density at radius 2 is 1.77 bits per heavy atom. The van der Waals surface area contributed by atoms with Gasteiger partial charge in [0.2, 0.25) is 0 Å². The Hall–Kier alpha value is -0.780. The van der Waals surface area contributed by atoms with E-state index in [0.29, 0.717) is 13.0 Å².